The summed E-state index contributed by atoms with van der Waals surface area (Å²) in [6.07, 6.45) is 0. The van der Waals surface area contributed by atoms with Crippen molar-refractivity contribution in [1.29, 1.82) is 0 Å². The Balaban J connectivity index is 2.50. The zero-order valence-corrected chi connectivity index (χ0v) is 10.8. The number of H-pyrrole nitrogens is 1. The van der Waals surface area contributed by atoms with E-state index in [1.54, 1.807) is 6.07 Å². The lowest BCUT2D eigenvalue weighted by Gasteiger charge is -2.04. The fraction of sp³-hybridized carbons (Fsp3) is 0.0714. The minimum Gasteiger partial charge on any atom is -0.497 e. The van der Waals surface area contributed by atoms with Crippen molar-refractivity contribution < 1.29 is 19.1 Å². The van der Waals surface area contributed by atoms with Crippen LogP contribution in [-0.2, 0) is 0 Å². The Labute approximate surface area is 116 Å². The molecule has 2 heterocycles. The predicted molar refractivity (Wildman–Crippen MR) is 74.1 cm³/mol. The van der Waals surface area contributed by atoms with Crippen molar-refractivity contribution in [3.8, 4) is 5.75 Å². The van der Waals surface area contributed by atoms with Gasteiger partial charge in [-0.3, -0.25) is 9.59 Å². The molecule has 0 aliphatic heterocycles. The number of hydrogen-bond acceptors (Lipinski definition) is 5. The van der Waals surface area contributed by atoms with Gasteiger partial charge in [0.25, 0.3) is 0 Å². The normalized spacial score (nSPS) is 10.9. The molecule has 0 spiro atoms. The summed E-state index contributed by atoms with van der Waals surface area (Å²) in [7, 11) is 1.46. The summed E-state index contributed by atoms with van der Waals surface area (Å²) in [4.78, 5) is 37.6. The van der Waals surface area contributed by atoms with Crippen molar-refractivity contribution in [3.05, 3.63) is 50.4 Å². The Bertz CT molecular complexity index is 998. The van der Waals surface area contributed by atoms with Crippen molar-refractivity contribution >= 4 is 28.0 Å². The lowest BCUT2D eigenvalue weighted by Crippen LogP contribution is -2.15. The largest absolute Gasteiger partial charge is 0.497 e. The number of carboxylic acids is 1. The quantitative estimate of drug-likeness (QED) is 0.688. The third kappa shape index (κ3) is 1.95. The van der Waals surface area contributed by atoms with Crippen molar-refractivity contribution in [2.75, 3.05) is 7.11 Å². The molecule has 7 heteroatoms. The van der Waals surface area contributed by atoms with Crippen LogP contribution >= 0.6 is 0 Å². The SMILES string of the molecule is COc1ccc2c(=O)c3[nH]c(C(=O)O)cc(=O)c3oc2c1. The van der Waals surface area contributed by atoms with Crippen LogP contribution < -0.4 is 15.6 Å². The number of methoxy groups -OCH3 is 1. The minimum atomic E-state index is -1.33. The van der Waals surface area contributed by atoms with Crippen LogP contribution in [0.5, 0.6) is 5.75 Å². The van der Waals surface area contributed by atoms with E-state index < -0.39 is 16.8 Å². The number of fused-ring (bicyclic) bond motifs is 2. The molecule has 3 aromatic rings. The number of nitrogens with one attached hydrogen (secondary N) is 1. The number of benzene rings is 1. The molecule has 0 aliphatic rings. The molecule has 3 rings (SSSR count). The molecule has 0 aliphatic carbocycles. The monoisotopic (exact) mass is 287 g/mol. The van der Waals surface area contributed by atoms with Gasteiger partial charge >= 0.3 is 5.97 Å². The molecule has 21 heavy (non-hydrogen) atoms. The molecular weight excluding hydrogens is 278 g/mol. The van der Waals surface area contributed by atoms with Gasteiger partial charge in [0.2, 0.25) is 16.4 Å². The Morgan fingerprint density at radius 1 is 1.29 bits per heavy atom. The standard InChI is InChI=1S/C14H9NO6/c1-20-6-2-3-7-10(4-6)21-13-9(16)5-8(14(18)19)15-11(13)12(7)17/h2-5H,1H3,(H,15,16)(H,18,19). The molecule has 0 atom stereocenters. The highest BCUT2D eigenvalue weighted by atomic mass is 16.5. The van der Waals surface area contributed by atoms with Gasteiger partial charge in [0.1, 0.15) is 22.5 Å². The van der Waals surface area contributed by atoms with Crippen LogP contribution in [0.1, 0.15) is 10.5 Å². The van der Waals surface area contributed by atoms with Crippen LogP contribution in [0.2, 0.25) is 0 Å². The van der Waals surface area contributed by atoms with E-state index in [1.807, 2.05) is 0 Å². The summed E-state index contributed by atoms with van der Waals surface area (Å²) >= 11 is 0. The maximum absolute atomic E-state index is 12.4. The highest BCUT2D eigenvalue weighted by molar-refractivity contribution is 5.92. The van der Waals surface area contributed by atoms with E-state index >= 15 is 0 Å². The van der Waals surface area contributed by atoms with Crippen molar-refractivity contribution in [3.63, 3.8) is 0 Å². The summed E-state index contributed by atoms with van der Waals surface area (Å²) in [5, 5.41) is 9.15. The number of carboxylic acid groups (broad SMARTS) is 1. The summed E-state index contributed by atoms with van der Waals surface area (Å²) in [5.41, 5.74) is -1.74. The highest BCUT2D eigenvalue weighted by Crippen LogP contribution is 2.20. The molecule has 106 valence electrons. The average Bonchev–Trinajstić information content (AvgIpc) is 2.47. The molecule has 7 nitrogen and oxygen atoms in total. The molecule has 0 fully saturated rings. The number of pyridine rings is 1. The van der Waals surface area contributed by atoms with E-state index in [1.165, 1.54) is 19.2 Å². The summed E-state index contributed by atoms with van der Waals surface area (Å²) in [6.45, 7) is 0. The first-order chi connectivity index (χ1) is 10.0. The Hall–Kier alpha value is -3.09. The summed E-state index contributed by atoms with van der Waals surface area (Å²) < 4.78 is 10.4. The van der Waals surface area contributed by atoms with E-state index in [4.69, 9.17) is 14.3 Å². The van der Waals surface area contributed by atoms with Crippen LogP contribution in [0.3, 0.4) is 0 Å². The second-order valence-electron chi connectivity index (χ2n) is 4.35. The molecule has 1 aromatic carbocycles. The third-order valence-electron chi connectivity index (χ3n) is 3.09. The first-order valence-electron chi connectivity index (χ1n) is 5.92. The van der Waals surface area contributed by atoms with Crippen LogP contribution in [0.4, 0.5) is 0 Å². The van der Waals surface area contributed by atoms with E-state index in [2.05, 4.69) is 4.98 Å². The lowest BCUT2D eigenvalue weighted by atomic mass is 10.2. The first-order valence-corrected chi connectivity index (χ1v) is 5.92. The molecule has 0 unspecified atom stereocenters. The zero-order valence-electron chi connectivity index (χ0n) is 10.8. The van der Waals surface area contributed by atoms with Crippen molar-refractivity contribution in [1.82, 2.24) is 4.98 Å². The molecule has 0 saturated carbocycles. The van der Waals surface area contributed by atoms with Gasteiger partial charge in [0.15, 0.2) is 0 Å². The van der Waals surface area contributed by atoms with Crippen LogP contribution in [-0.4, -0.2) is 23.2 Å². The van der Waals surface area contributed by atoms with E-state index in [9.17, 15) is 14.4 Å². The second kappa shape index (κ2) is 4.48. The lowest BCUT2D eigenvalue weighted by molar-refractivity contribution is 0.0691. The van der Waals surface area contributed by atoms with Gasteiger partial charge in [-0.2, -0.15) is 0 Å². The number of ether oxygens (including phenoxy) is 1. The highest BCUT2D eigenvalue weighted by Gasteiger charge is 2.15. The first kappa shape index (κ1) is 12.9. The van der Waals surface area contributed by atoms with Gasteiger partial charge in [-0.25, -0.2) is 4.79 Å². The van der Waals surface area contributed by atoms with E-state index in [0.29, 0.717) is 5.75 Å². The fourth-order valence-electron chi connectivity index (χ4n) is 2.07. The van der Waals surface area contributed by atoms with Gasteiger partial charge in [-0.1, -0.05) is 0 Å². The maximum Gasteiger partial charge on any atom is 0.352 e. The smallest absolute Gasteiger partial charge is 0.352 e. The number of aromatic nitrogens is 1. The topological polar surface area (TPSA) is 110 Å². The Morgan fingerprint density at radius 2 is 2.05 bits per heavy atom. The van der Waals surface area contributed by atoms with Gasteiger partial charge in [0.05, 0.1) is 12.5 Å². The minimum absolute atomic E-state index is 0.169. The molecule has 2 N–H and O–H groups in total. The maximum atomic E-state index is 12.4. The average molecular weight is 287 g/mol. The Morgan fingerprint density at radius 3 is 2.71 bits per heavy atom. The van der Waals surface area contributed by atoms with Crippen molar-refractivity contribution in [2.45, 2.75) is 0 Å². The van der Waals surface area contributed by atoms with Gasteiger partial charge in [-0.05, 0) is 12.1 Å². The van der Waals surface area contributed by atoms with Crippen LogP contribution in [0, 0.1) is 0 Å². The van der Waals surface area contributed by atoms with E-state index in [-0.39, 0.29) is 27.8 Å². The molecule has 0 amide bonds. The van der Waals surface area contributed by atoms with E-state index in [0.717, 1.165) is 6.07 Å². The number of aromatic amines is 1. The number of hydrogen-bond donors (Lipinski definition) is 2. The Kier molecular flexibility index (Phi) is 2.76. The predicted octanol–water partition coefficient (Wildman–Crippen LogP) is 1.34. The van der Waals surface area contributed by atoms with Crippen LogP contribution in [0.15, 0.2) is 38.3 Å². The van der Waals surface area contributed by atoms with Crippen molar-refractivity contribution in [2.24, 2.45) is 0 Å². The third-order valence-corrected chi connectivity index (χ3v) is 3.09. The number of aromatic carboxylic acids is 1. The number of carbonyl (C=O) groups is 1. The molecule has 0 saturated heterocycles. The zero-order chi connectivity index (χ0) is 15.1. The molecular formula is C14H9NO6. The summed E-state index contributed by atoms with van der Waals surface area (Å²) in [6, 6.07) is 5.43. The van der Waals surface area contributed by atoms with Gasteiger partial charge in [0, 0.05) is 12.1 Å². The fourth-order valence-corrected chi connectivity index (χ4v) is 2.07. The van der Waals surface area contributed by atoms with Crippen LogP contribution in [0.25, 0.3) is 22.1 Å². The summed E-state index contributed by atoms with van der Waals surface area (Å²) in [5.74, 6) is -0.855. The molecule has 0 radical (unpaired) electrons. The molecule has 0 bridgehead atoms. The van der Waals surface area contributed by atoms with Gasteiger partial charge in [-0.15, -0.1) is 0 Å². The van der Waals surface area contributed by atoms with Gasteiger partial charge < -0.3 is 19.2 Å². The number of rotatable bonds is 2. The second-order valence-corrected chi connectivity index (χ2v) is 4.35. The molecule has 2 aromatic heterocycles.